The molecule has 1 aliphatic rings. The predicted octanol–water partition coefficient (Wildman–Crippen LogP) is 3.93. The summed E-state index contributed by atoms with van der Waals surface area (Å²) in [6.07, 6.45) is 1.24. The van der Waals surface area contributed by atoms with Gasteiger partial charge in [0.1, 0.15) is 12.4 Å². The minimum atomic E-state index is 0.0594. The van der Waals surface area contributed by atoms with E-state index in [-0.39, 0.29) is 5.91 Å². The highest BCUT2D eigenvalue weighted by Crippen LogP contribution is 2.27. The summed E-state index contributed by atoms with van der Waals surface area (Å²) >= 11 is 0.511. The molecule has 0 atom stereocenters. The second-order valence-corrected chi connectivity index (χ2v) is 7.21. The van der Waals surface area contributed by atoms with Gasteiger partial charge in [0.05, 0.1) is 16.1 Å². The first-order valence-corrected chi connectivity index (χ1v) is 9.84. The lowest BCUT2D eigenvalue weighted by Gasteiger charge is -2.17. The van der Waals surface area contributed by atoms with E-state index in [0.29, 0.717) is 29.1 Å². The Labute approximate surface area is 167 Å². The molecule has 3 aromatic rings. The molecule has 1 heterocycles. The highest BCUT2D eigenvalue weighted by Gasteiger charge is 2.15. The van der Waals surface area contributed by atoms with Gasteiger partial charge in [-0.2, -0.15) is 0 Å². The van der Waals surface area contributed by atoms with Crippen LogP contribution in [0.15, 0.2) is 72.8 Å². The normalized spacial score (nSPS) is 12.6. The van der Waals surface area contributed by atoms with Crippen molar-refractivity contribution < 1.29 is 13.7 Å². The fourth-order valence-electron chi connectivity index (χ4n) is 3.22. The number of nitrogens with one attached hydrogen (secondary N) is 1. The monoisotopic (exact) mass is 389 g/mol. The largest absolute Gasteiger partial charge is 0.489 e. The third-order valence-electron chi connectivity index (χ3n) is 4.71. The van der Waals surface area contributed by atoms with Crippen molar-refractivity contribution in [1.29, 1.82) is 0 Å². The Morgan fingerprint density at radius 2 is 1.68 bits per heavy atom. The molecule has 1 amide bonds. The number of ether oxygens (including phenoxy) is 1. The van der Waals surface area contributed by atoms with E-state index < -0.39 is 0 Å². The minimum absolute atomic E-state index is 0.0594. The fourth-order valence-corrected chi connectivity index (χ4v) is 3.69. The molecule has 5 heteroatoms. The zero-order valence-electron chi connectivity index (χ0n) is 15.2. The summed E-state index contributed by atoms with van der Waals surface area (Å²) in [6.45, 7) is 0.441. The second kappa shape index (κ2) is 8.23. The summed E-state index contributed by atoms with van der Waals surface area (Å²) in [5.74, 6) is 0.842. The van der Waals surface area contributed by atoms with Gasteiger partial charge in [-0.05, 0) is 46.9 Å². The first-order valence-electron chi connectivity index (χ1n) is 9.10. The molecular weight excluding hydrogens is 370 g/mol. The van der Waals surface area contributed by atoms with Crippen LogP contribution in [0.2, 0.25) is 0 Å². The fraction of sp³-hybridized carbons (Fsp3) is 0.130. The number of fused-ring (bicyclic) bond motifs is 1. The Morgan fingerprint density at radius 3 is 2.43 bits per heavy atom. The van der Waals surface area contributed by atoms with Crippen LogP contribution in [-0.4, -0.2) is 15.0 Å². The molecule has 0 saturated carbocycles. The van der Waals surface area contributed by atoms with E-state index in [1.807, 2.05) is 72.8 Å². The Morgan fingerprint density at radius 1 is 0.929 bits per heavy atom. The summed E-state index contributed by atoms with van der Waals surface area (Å²) in [6, 6.07) is 23.3. The van der Waals surface area contributed by atoms with Gasteiger partial charge in [0.2, 0.25) is 5.91 Å². The van der Waals surface area contributed by atoms with Gasteiger partial charge < -0.3 is 10.1 Å². The van der Waals surface area contributed by atoms with Crippen LogP contribution in [0.1, 0.15) is 28.7 Å². The van der Waals surface area contributed by atoms with Crippen molar-refractivity contribution in [3.05, 3.63) is 95.1 Å². The summed E-state index contributed by atoms with van der Waals surface area (Å²) in [7, 11) is 0. The Kier molecular flexibility index (Phi) is 5.35. The topological polar surface area (TPSA) is 55.4 Å². The second-order valence-electron chi connectivity index (χ2n) is 6.63. The van der Waals surface area contributed by atoms with Crippen molar-refractivity contribution in [1.82, 2.24) is 0 Å². The molecule has 0 aliphatic carbocycles. The SMILES string of the molecule is O=S=C(c1ccccc1)c1ccc(COc2ccc3c(c2)CCC(=O)N3)cc1. The quantitative estimate of drug-likeness (QED) is 0.531. The van der Waals surface area contributed by atoms with Gasteiger partial charge in [0.15, 0.2) is 0 Å². The number of carbonyl (C=O) groups is 1. The average molecular weight is 389 g/mol. The number of hydrogen-bond donors (Lipinski definition) is 1. The lowest BCUT2D eigenvalue weighted by molar-refractivity contribution is -0.116. The number of carbonyl (C=O) groups excluding carboxylic acids is 1. The highest BCUT2D eigenvalue weighted by molar-refractivity contribution is 7.67. The molecule has 4 rings (SSSR count). The Bertz CT molecular complexity index is 1050. The molecule has 4 nitrogen and oxygen atoms in total. The predicted molar refractivity (Wildman–Crippen MR) is 112 cm³/mol. The van der Waals surface area contributed by atoms with E-state index in [1.54, 1.807) is 0 Å². The molecule has 3 aromatic carbocycles. The molecule has 0 bridgehead atoms. The van der Waals surface area contributed by atoms with E-state index in [0.717, 1.165) is 40.1 Å². The van der Waals surface area contributed by atoms with Crippen LogP contribution in [0.3, 0.4) is 0 Å². The first-order chi connectivity index (χ1) is 13.7. The molecule has 0 saturated heterocycles. The van der Waals surface area contributed by atoms with Gasteiger partial charge in [-0.25, -0.2) is 4.21 Å². The number of anilines is 1. The molecule has 0 radical (unpaired) electrons. The van der Waals surface area contributed by atoms with Gasteiger partial charge >= 0.3 is 0 Å². The molecule has 28 heavy (non-hydrogen) atoms. The van der Waals surface area contributed by atoms with E-state index in [2.05, 4.69) is 5.32 Å². The first kappa shape index (κ1) is 18.2. The Hall–Kier alpha value is -3.18. The maximum atomic E-state index is 11.6. The van der Waals surface area contributed by atoms with Gasteiger partial charge in [-0.15, -0.1) is 0 Å². The molecule has 140 valence electrons. The maximum Gasteiger partial charge on any atom is 0.224 e. The molecule has 0 aromatic heterocycles. The zero-order chi connectivity index (χ0) is 19.3. The molecule has 1 aliphatic heterocycles. The average Bonchev–Trinajstić information content (AvgIpc) is 2.74. The van der Waals surface area contributed by atoms with Crippen molar-refractivity contribution in [3.63, 3.8) is 0 Å². The smallest absolute Gasteiger partial charge is 0.224 e. The van der Waals surface area contributed by atoms with Gasteiger partial charge in [-0.1, -0.05) is 54.6 Å². The van der Waals surface area contributed by atoms with E-state index in [1.165, 1.54) is 0 Å². The van der Waals surface area contributed by atoms with Crippen molar-refractivity contribution >= 4 is 27.7 Å². The number of rotatable bonds is 5. The number of aryl methyl sites for hydroxylation is 1. The van der Waals surface area contributed by atoms with E-state index in [9.17, 15) is 9.00 Å². The highest BCUT2D eigenvalue weighted by atomic mass is 32.1. The summed E-state index contributed by atoms with van der Waals surface area (Å²) in [4.78, 5) is 12.2. The summed E-state index contributed by atoms with van der Waals surface area (Å²) < 4.78 is 17.5. The zero-order valence-corrected chi connectivity index (χ0v) is 16.0. The summed E-state index contributed by atoms with van der Waals surface area (Å²) in [5.41, 5.74) is 4.82. The van der Waals surface area contributed by atoms with Crippen LogP contribution in [0.4, 0.5) is 5.69 Å². The standard InChI is InChI=1S/C23H19NO3S/c25-22-13-10-19-14-20(11-12-21(19)24-22)27-15-16-6-8-18(9-7-16)23(28-26)17-4-2-1-3-5-17/h1-9,11-12,14H,10,13,15H2,(H,24,25). The van der Waals surface area contributed by atoms with Crippen LogP contribution in [-0.2, 0) is 29.1 Å². The summed E-state index contributed by atoms with van der Waals surface area (Å²) in [5, 5.41) is 2.87. The lowest BCUT2D eigenvalue weighted by Crippen LogP contribution is -2.18. The lowest BCUT2D eigenvalue weighted by atomic mass is 10.0. The van der Waals surface area contributed by atoms with Crippen LogP contribution in [0.25, 0.3) is 0 Å². The van der Waals surface area contributed by atoms with Crippen LogP contribution in [0, 0.1) is 0 Å². The van der Waals surface area contributed by atoms with Gasteiger partial charge in [0.25, 0.3) is 0 Å². The number of amides is 1. The van der Waals surface area contributed by atoms with Crippen molar-refractivity contribution in [2.45, 2.75) is 19.4 Å². The molecule has 1 N–H and O–H groups in total. The van der Waals surface area contributed by atoms with Gasteiger partial charge in [0, 0.05) is 12.1 Å². The van der Waals surface area contributed by atoms with Crippen molar-refractivity contribution in [2.24, 2.45) is 0 Å². The van der Waals surface area contributed by atoms with E-state index in [4.69, 9.17) is 4.74 Å². The van der Waals surface area contributed by atoms with Crippen LogP contribution < -0.4 is 10.1 Å². The van der Waals surface area contributed by atoms with Crippen molar-refractivity contribution in [3.8, 4) is 5.75 Å². The minimum Gasteiger partial charge on any atom is -0.489 e. The Balaban J connectivity index is 1.44. The van der Waals surface area contributed by atoms with Crippen molar-refractivity contribution in [2.75, 3.05) is 5.32 Å². The molecule has 0 spiro atoms. The third kappa shape index (κ3) is 4.05. The van der Waals surface area contributed by atoms with Crippen LogP contribution in [0.5, 0.6) is 5.75 Å². The maximum absolute atomic E-state index is 11.6. The number of hydrogen-bond acceptors (Lipinski definition) is 3. The van der Waals surface area contributed by atoms with E-state index >= 15 is 0 Å². The molecular formula is C23H19NO3S. The molecule has 0 fully saturated rings. The van der Waals surface area contributed by atoms with Crippen LogP contribution >= 0.6 is 0 Å². The number of benzene rings is 3. The van der Waals surface area contributed by atoms with Gasteiger partial charge in [-0.3, -0.25) is 4.79 Å². The third-order valence-corrected chi connectivity index (χ3v) is 5.35. The molecule has 0 unspecified atom stereocenters.